The third kappa shape index (κ3) is 3.11. The number of nitrogens with two attached hydrogens (primary N) is 1. The van der Waals surface area contributed by atoms with Crippen molar-refractivity contribution in [1.82, 2.24) is 0 Å². The number of aromatic hydroxyl groups is 1. The van der Waals surface area contributed by atoms with Crippen molar-refractivity contribution in [2.45, 2.75) is 0 Å². The molecule has 0 spiro atoms. The maximum Gasteiger partial charge on any atom is 0.339 e. The minimum Gasteiger partial charge on any atom is -0.507 e. The molecule has 0 heterocycles. The lowest BCUT2D eigenvalue weighted by molar-refractivity contribution is 0.0694. The molecule has 8 heteroatoms. The summed E-state index contributed by atoms with van der Waals surface area (Å²) in [5, 5.41) is 22.4. The van der Waals surface area contributed by atoms with Gasteiger partial charge in [-0.2, -0.15) is 8.42 Å². The fourth-order valence-electron chi connectivity index (χ4n) is 0.935. The predicted molar refractivity (Wildman–Crippen MR) is 51.8 cm³/mol. The summed E-state index contributed by atoms with van der Waals surface area (Å²) in [5.41, 5.74) is -0.448. The number of carboxylic acids is 1. The zero-order valence-electron chi connectivity index (χ0n) is 7.34. The quantitative estimate of drug-likeness (QED) is 0.532. The zero-order chi connectivity index (χ0) is 11.6. The second-order valence-electron chi connectivity index (χ2n) is 2.68. The first kappa shape index (κ1) is 11.3. The molecule has 5 N–H and O–H groups in total. The van der Waals surface area contributed by atoms with Crippen molar-refractivity contribution in [3.63, 3.8) is 0 Å². The molecule has 0 aliphatic heterocycles. The van der Waals surface area contributed by atoms with Crippen LogP contribution in [0.25, 0.3) is 0 Å². The van der Waals surface area contributed by atoms with Crippen LogP contribution < -0.4 is 9.86 Å². The summed E-state index contributed by atoms with van der Waals surface area (Å²) >= 11 is 0. The first-order chi connectivity index (χ1) is 6.79. The van der Waals surface area contributed by atoms with Crippen molar-refractivity contribution < 1.29 is 23.4 Å². The fourth-order valence-corrected chi connectivity index (χ4v) is 1.39. The monoisotopic (exact) mass is 232 g/mol. The number of anilines is 1. The van der Waals surface area contributed by atoms with Gasteiger partial charge in [0.25, 0.3) is 10.2 Å². The van der Waals surface area contributed by atoms with E-state index in [4.69, 9.17) is 10.2 Å². The Balaban J connectivity index is 3.14. The molecule has 0 aromatic heterocycles. The average molecular weight is 232 g/mol. The number of hydrogen-bond donors (Lipinski definition) is 4. The molecule has 7 nitrogen and oxygen atoms in total. The topological polar surface area (TPSA) is 130 Å². The summed E-state index contributed by atoms with van der Waals surface area (Å²) in [6, 6.07) is 3.20. The predicted octanol–water partition coefficient (Wildman–Crippen LogP) is -0.294. The van der Waals surface area contributed by atoms with Gasteiger partial charge in [0.1, 0.15) is 11.3 Å². The Bertz CT molecular complexity index is 496. The Hall–Kier alpha value is -1.80. The molecule has 0 unspecified atom stereocenters. The van der Waals surface area contributed by atoms with E-state index in [1.54, 1.807) is 0 Å². The van der Waals surface area contributed by atoms with Crippen LogP contribution in [0.4, 0.5) is 5.69 Å². The summed E-state index contributed by atoms with van der Waals surface area (Å²) < 4.78 is 23.1. The number of aromatic carboxylic acids is 1. The SMILES string of the molecule is NS(=O)(=O)Nc1ccc(O)c(C(=O)O)c1. The summed E-state index contributed by atoms with van der Waals surface area (Å²) in [7, 11) is -3.96. The van der Waals surface area contributed by atoms with Gasteiger partial charge in [-0.15, -0.1) is 0 Å². The lowest BCUT2D eigenvalue weighted by Crippen LogP contribution is -2.21. The Morgan fingerprint density at radius 1 is 1.40 bits per heavy atom. The van der Waals surface area contributed by atoms with E-state index in [-0.39, 0.29) is 5.69 Å². The van der Waals surface area contributed by atoms with Crippen LogP contribution in [-0.2, 0) is 10.2 Å². The lowest BCUT2D eigenvalue weighted by Gasteiger charge is -2.05. The van der Waals surface area contributed by atoms with Gasteiger partial charge in [0.05, 0.1) is 5.69 Å². The molecule has 0 saturated carbocycles. The number of phenols is 1. The smallest absolute Gasteiger partial charge is 0.339 e. The van der Waals surface area contributed by atoms with E-state index in [0.717, 1.165) is 12.1 Å². The van der Waals surface area contributed by atoms with Crippen molar-refractivity contribution in [1.29, 1.82) is 0 Å². The lowest BCUT2D eigenvalue weighted by atomic mass is 10.2. The maximum absolute atomic E-state index is 10.6. The highest BCUT2D eigenvalue weighted by molar-refractivity contribution is 7.90. The number of carboxylic acid groups (broad SMARTS) is 1. The highest BCUT2D eigenvalue weighted by Gasteiger charge is 2.11. The van der Waals surface area contributed by atoms with Crippen LogP contribution in [0.5, 0.6) is 5.75 Å². The van der Waals surface area contributed by atoms with Crippen molar-refractivity contribution in [3.8, 4) is 5.75 Å². The average Bonchev–Trinajstić information content (AvgIpc) is 2.05. The standard InChI is InChI=1S/C7H8N2O5S/c8-15(13,14)9-4-1-2-6(10)5(3-4)7(11)12/h1-3,9-10H,(H,11,12)(H2,8,13,14). The minimum absolute atomic E-state index is 0.0345. The highest BCUT2D eigenvalue weighted by atomic mass is 32.2. The van der Waals surface area contributed by atoms with Gasteiger partial charge in [0.2, 0.25) is 0 Å². The summed E-state index contributed by atoms with van der Waals surface area (Å²) in [4.78, 5) is 10.6. The van der Waals surface area contributed by atoms with E-state index in [0.29, 0.717) is 0 Å². The molecule has 0 fully saturated rings. The number of benzene rings is 1. The van der Waals surface area contributed by atoms with Crippen LogP contribution in [0, 0.1) is 0 Å². The molecule has 1 aromatic carbocycles. The van der Waals surface area contributed by atoms with Crippen molar-refractivity contribution in [2.24, 2.45) is 5.14 Å². The van der Waals surface area contributed by atoms with Crippen LogP contribution in [-0.4, -0.2) is 24.6 Å². The summed E-state index contributed by atoms with van der Waals surface area (Å²) in [6.07, 6.45) is 0. The van der Waals surface area contributed by atoms with Gasteiger partial charge in [-0.25, -0.2) is 9.93 Å². The molecule has 0 saturated heterocycles. The van der Waals surface area contributed by atoms with Crippen LogP contribution in [0.15, 0.2) is 18.2 Å². The van der Waals surface area contributed by atoms with E-state index in [1.165, 1.54) is 6.07 Å². The highest BCUT2D eigenvalue weighted by Crippen LogP contribution is 2.21. The van der Waals surface area contributed by atoms with E-state index >= 15 is 0 Å². The molecule has 1 aromatic rings. The Morgan fingerprint density at radius 3 is 2.47 bits per heavy atom. The van der Waals surface area contributed by atoms with Crippen molar-refractivity contribution in [3.05, 3.63) is 23.8 Å². The number of rotatable bonds is 3. The molecule has 0 atom stereocenters. The Morgan fingerprint density at radius 2 is 2.00 bits per heavy atom. The molecule has 82 valence electrons. The molecular formula is C7H8N2O5S. The minimum atomic E-state index is -3.96. The second-order valence-corrected chi connectivity index (χ2v) is 3.98. The summed E-state index contributed by atoms with van der Waals surface area (Å²) in [5.74, 6) is -1.83. The van der Waals surface area contributed by atoms with E-state index in [2.05, 4.69) is 5.14 Å². The third-order valence-corrected chi connectivity index (χ3v) is 2.01. The normalized spacial score (nSPS) is 11.0. The molecular weight excluding hydrogens is 224 g/mol. The van der Waals surface area contributed by atoms with E-state index < -0.39 is 27.5 Å². The molecule has 0 amide bonds. The molecule has 1 rings (SSSR count). The van der Waals surface area contributed by atoms with Gasteiger partial charge in [0, 0.05) is 0 Å². The van der Waals surface area contributed by atoms with E-state index in [9.17, 15) is 13.2 Å². The first-order valence-electron chi connectivity index (χ1n) is 3.66. The van der Waals surface area contributed by atoms with Crippen molar-refractivity contribution in [2.75, 3.05) is 4.72 Å². The van der Waals surface area contributed by atoms with Gasteiger partial charge >= 0.3 is 5.97 Å². The largest absolute Gasteiger partial charge is 0.507 e. The molecule has 0 radical (unpaired) electrons. The maximum atomic E-state index is 10.6. The van der Waals surface area contributed by atoms with Crippen LogP contribution in [0.3, 0.4) is 0 Å². The van der Waals surface area contributed by atoms with Gasteiger partial charge in [-0.05, 0) is 18.2 Å². The van der Waals surface area contributed by atoms with Crippen LogP contribution in [0.1, 0.15) is 10.4 Å². The summed E-state index contributed by atoms with van der Waals surface area (Å²) in [6.45, 7) is 0. The van der Waals surface area contributed by atoms with Gasteiger partial charge in [0.15, 0.2) is 0 Å². The second kappa shape index (κ2) is 3.75. The number of carbonyl (C=O) groups is 1. The van der Waals surface area contributed by atoms with Gasteiger partial charge < -0.3 is 10.2 Å². The van der Waals surface area contributed by atoms with Crippen LogP contribution >= 0.6 is 0 Å². The molecule has 0 aliphatic carbocycles. The first-order valence-corrected chi connectivity index (χ1v) is 5.21. The van der Waals surface area contributed by atoms with Crippen LogP contribution in [0.2, 0.25) is 0 Å². The van der Waals surface area contributed by atoms with Crippen molar-refractivity contribution >= 4 is 21.9 Å². The molecule has 0 aliphatic rings. The fraction of sp³-hybridized carbons (Fsp3) is 0. The molecule has 0 bridgehead atoms. The van der Waals surface area contributed by atoms with Gasteiger partial charge in [-0.3, -0.25) is 4.72 Å². The number of hydrogen-bond acceptors (Lipinski definition) is 4. The van der Waals surface area contributed by atoms with E-state index in [1.807, 2.05) is 4.72 Å². The Kier molecular flexibility index (Phi) is 2.82. The van der Waals surface area contributed by atoms with Gasteiger partial charge in [-0.1, -0.05) is 0 Å². The zero-order valence-corrected chi connectivity index (χ0v) is 8.15. The number of nitrogens with one attached hydrogen (secondary N) is 1. The Labute approximate surface area is 85.3 Å². The molecule has 15 heavy (non-hydrogen) atoms. The third-order valence-electron chi connectivity index (χ3n) is 1.49.